The largest absolute Gasteiger partial charge is 0.493 e. The summed E-state index contributed by atoms with van der Waals surface area (Å²) in [5, 5.41) is 15.4. The minimum absolute atomic E-state index is 0.165. The predicted octanol–water partition coefficient (Wildman–Crippen LogP) is 4.25. The van der Waals surface area contributed by atoms with Crippen molar-refractivity contribution in [1.82, 2.24) is 5.43 Å². The number of aryl methyl sites for hydroxylation is 1. The van der Waals surface area contributed by atoms with Gasteiger partial charge in [0.15, 0.2) is 11.5 Å². The van der Waals surface area contributed by atoms with Crippen molar-refractivity contribution < 1.29 is 19.2 Å². The van der Waals surface area contributed by atoms with Gasteiger partial charge in [-0.25, -0.2) is 5.43 Å². The Hall–Kier alpha value is -4.20. The summed E-state index contributed by atoms with van der Waals surface area (Å²) in [6, 6.07) is 19.2. The predicted molar refractivity (Wildman–Crippen MR) is 117 cm³/mol. The minimum Gasteiger partial charge on any atom is -0.493 e. The molecule has 0 aliphatic heterocycles. The fraction of sp³-hybridized carbons (Fsp3) is 0.130. The van der Waals surface area contributed by atoms with Crippen LogP contribution >= 0.6 is 0 Å². The van der Waals surface area contributed by atoms with Crippen LogP contribution in [0.3, 0.4) is 0 Å². The lowest BCUT2D eigenvalue weighted by atomic mass is 10.1. The number of rotatable bonds is 8. The van der Waals surface area contributed by atoms with Gasteiger partial charge in [0, 0.05) is 5.56 Å². The standard InChI is InChI=1S/C23H21N3O5/c1-16-7-6-10-18(11-16)23(27)25-24-14-19-12-21(30-2)22(13-20(19)26(28)29)31-15-17-8-4-3-5-9-17/h3-14H,15H2,1-2H3,(H,25,27)/b24-14-. The van der Waals surface area contributed by atoms with Crippen LogP contribution in [0.5, 0.6) is 11.5 Å². The van der Waals surface area contributed by atoms with Gasteiger partial charge in [0.25, 0.3) is 11.6 Å². The number of benzene rings is 3. The number of nitrogens with one attached hydrogen (secondary N) is 1. The molecule has 0 saturated heterocycles. The Morgan fingerprint density at radius 3 is 2.55 bits per heavy atom. The molecule has 31 heavy (non-hydrogen) atoms. The number of hydrazone groups is 1. The SMILES string of the molecule is COc1cc(/C=N\NC(=O)c2cccc(C)c2)c([N+](=O)[O-])cc1OCc1ccccc1. The van der Waals surface area contributed by atoms with Gasteiger partial charge in [0.1, 0.15) is 6.61 Å². The van der Waals surface area contributed by atoms with Crippen LogP contribution in [0.15, 0.2) is 71.8 Å². The van der Waals surface area contributed by atoms with E-state index in [4.69, 9.17) is 9.47 Å². The Balaban J connectivity index is 1.80. The number of carbonyl (C=O) groups excluding carboxylic acids is 1. The Bertz CT molecular complexity index is 1110. The summed E-state index contributed by atoms with van der Waals surface area (Å²) < 4.78 is 11.1. The summed E-state index contributed by atoms with van der Waals surface area (Å²) in [4.78, 5) is 23.2. The number of nitrogens with zero attached hydrogens (tertiary/aromatic N) is 2. The van der Waals surface area contributed by atoms with Gasteiger partial charge in [-0.05, 0) is 30.7 Å². The van der Waals surface area contributed by atoms with E-state index in [1.807, 2.05) is 43.3 Å². The molecule has 0 heterocycles. The van der Waals surface area contributed by atoms with Gasteiger partial charge in [-0.2, -0.15) is 5.10 Å². The Kier molecular flexibility index (Phi) is 6.95. The molecule has 3 aromatic carbocycles. The maximum absolute atomic E-state index is 12.2. The van der Waals surface area contributed by atoms with E-state index in [1.54, 1.807) is 18.2 Å². The zero-order valence-electron chi connectivity index (χ0n) is 17.1. The highest BCUT2D eigenvalue weighted by molar-refractivity contribution is 5.95. The van der Waals surface area contributed by atoms with Crippen molar-refractivity contribution >= 4 is 17.8 Å². The third kappa shape index (κ3) is 5.66. The highest BCUT2D eigenvalue weighted by Gasteiger charge is 2.19. The van der Waals surface area contributed by atoms with Crippen molar-refractivity contribution in [3.05, 3.63) is 99.1 Å². The maximum Gasteiger partial charge on any atom is 0.282 e. The number of hydrogen-bond donors (Lipinski definition) is 1. The minimum atomic E-state index is -0.543. The van der Waals surface area contributed by atoms with Crippen LogP contribution in [-0.2, 0) is 6.61 Å². The van der Waals surface area contributed by atoms with E-state index in [9.17, 15) is 14.9 Å². The lowest BCUT2D eigenvalue weighted by Crippen LogP contribution is -2.17. The quantitative estimate of drug-likeness (QED) is 0.334. The van der Waals surface area contributed by atoms with Crippen molar-refractivity contribution in [2.45, 2.75) is 13.5 Å². The van der Waals surface area contributed by atoms with E-state index in [0.717, 1.165) is 11.1 Å². The molecule has 1 amide bonds. The molecule has 158 valence electrons. The van der Waals surface area contributed by atoms with Gasteiger partial charge in [0.2, 0.25) is 0 Å². The van der Waals surface area contributed by atoms with Crippen molar-refractivity contribution in [1.29, 1.82) is 0 Å². The fourth-order valence-electron chi connectivity index (χ4n) is 2.85. The Morgan fingerprint density at radius 1 is 1.10 bits per heavy atom. The highest BCUT2D eigenvalue weighted by Crippen LogP contribution is 2.34. The molecule has 8 nitrogen and oxygen atoms in total. The summed E-state index contributed by atoms with van der Waals surface area (Å²) in [6.45, 7) is 2.10. The summed E-state index contributed by atoms with van der Waals surface area (Å²) >= 11 is 0. The van der Waals surface area contributed by atoms with Gasteiger partial charge in [0.05, 0.1) is 29.9 Å². The molecule has 0 fully saturated rings. The smallest absolute Gasteiger partial charge is 0.282 e. The fourth-order valence-corrected chi connectivity index (χ4v) is 2.85. The summed E-state index contributed by atoms with van der Waals surface area (Å²) in [5.41, 5.74) is 4.60. The van der Waals surface area contributed by atoms with Gasteiger partial charge in [-0.3, -0.25) is 14.9 Å². The third-order valence-corrected chi connectivity index (χ3v) is 4.40. The third-order valence-electron chi connectivity index (χ3n) is 4.40. The van der Waals surface area contributed by atoms with Crippen LogP contribution < -0.4 is 14.9 Å². The number of amides is 1. The summed E-state index contributed by atoms with van der Waals surface area (Å²) in [5.74, 6) is 0.129. The van der Waals surface area contributed by atoms with Crippen molar-refractivity contribution in [3.8, 4) is 11.5 Å². The first kappa shape index (κ1) is 21.5. The first-order valence-electron chi connectivity index (χ1n) is 9.41. The number of carbonyl (C=O) groups is 1. The highest BCUT2D eigenvalue weighted by atomic mass is 16.6. The van der Waals surface area contributed by atoms with Crippen LogP contribution in [0.4, 0.5) is 5.69 Å². The average molecular weight is 419 g/mol. The number of nitro benzene ring substituents is 1. The molecular weight excluding hydrogens is 398 g/mol. The lowest BCUT2D eigenvalue weighted by molar-refractivity contribution is -0.385. The molecule has 0 saturated carbocycles. The Labute approximate surface area is 179 Å². The Morgan fingerprint density at radius 2 is 1.87 bits per heavy atom. The summed E-state index contributed by atoms with van der Waals surface area (Å²) in [6.07, 6.45) is 1.20. The molecule has 8 heteroatoms. The average Bonchev–Trinajstić information content (AvgIpc) is 2.78. The van der Waals surface area contributed by atoms with Crippen LogP contribution in [-0.4, -0.2) is 24.2 Å². The van der Waals surface area contributed by atoms with Crippen molar-refractivity contribution in [2.75, 3.05) is 7.11 Å². The normalized spacial score (nSPS) is 10.6. The van der Waals surface area contributed by atoms with E-state index in [0.29, 0.717) is 11.3 Å². The lowest BCUT2D eigenvalue weighted by Gasteiger charge is -2.12. The van der Waals surface area contributed by atoms with Gasteiger partial charge < -0.3 is 9.47 Å². The maximum atomic E-state index is 12.2. The first-order chi connectivity index (χ1) is 15.0. The van der Waals surface area contributed by atoms with E-state index in [2.05, 4.69) is 10.5 Å². The van der Waals surface area contributed by atoms with Crippen LogP contribution in [0.2, 0.25) is 0 Å². The van der Waals surface area contributed by atoms with Crippen LogP contribution in [0, 0.1) is 17.0 Å². The van der Waals surface area contributed by atoms with Gasteiger partial charge in [-0.1, -0.05) is 48.0 Å². The molecule has 0 unspecified atom stereocenters. The van der Waals surface area contributed by atoms with E-state index < -0.39 is 10.8 Å². The van der Waals surface area contributed by atoms with Crippen LogP contribution in [0.1, 0.15) is 27.0 Å². The molecule has 0 atom stereocenters. The molecule has 0 aliphatic carbocycles. The molecule has 0 radical (unpaired) electrons. The van der Waals surface area contributed by atoms with E-state index >= 15 is 0 Å². The first-order valence-corrected chi connectivity index (χ1v) is 9.41. The molecule has 3 rings (SSSR count). The second-order valence-corrected chi connectivity index (χ2v) is 6.66. The second-order valence-electron chi connectivity index (χ2n) is 6.66. The topological polar surface area (TPSA) is 103 Å². The molecular formula is C23H21N3O5. The molecule has 0 spiro atoms. The summed E-state index contributed by atoms with van der Waals surface area (Å²) in [7, 11) is 1.44. The van der Waals surface area contributed by atoms with Crippen molar-refractivity contribution in [3.63, 3.8) is 0 Å². The van der Waals surface area contributed by atoms with Crippen LogP contribution in [0.25, 0.3) is 0 Å². The van der Waals surface area contributed by atoms with Gasteiger partial charge in [-0.15, -0.1) is 0 Å². The van der Waals surface area contributed by atoms with Gasteiger partial charge >= 0.3 is 0 Å². The van der Waals surface area contributed by atoms with E-state index in [-0.39, 0.29) is 23.6 Å². The zero-order chi connectivity index (χ0) is 22.2. The monoisotopic (exact) mass is 419 g/mol. The molecule has 0 aromatic heterocycles. The number of nitro groups is 1. The van der Waals surface area contributed by atoms with E-state index in [1.165, 1.54) is 25.5 Å². The second kappa shape index (κ2) is 10.0. The zero-order valence-corrected chi connectivity index (χ0v) is 17.1. The number of ether oxygens (including phenoxy) is 2. The molecule has 3 aromatic rings. The number of methoxy groups -OCH3 is 1. The van der Waals surface area contributed by atoms with Crippen molar-refractivity contribution in [2.24, 2.45) is 5.10 Å². The molecule has 1 N–H and O–H groups in total. The molecule has 0 bridgehead atoms. The number of hydrogen-bond acceptors (Lipinski definition) is 6. The molecule has 0 aliphatic rings.